The smallest absolute Gasteiger partial charge is 0.338 e. The zero-order chi connectivity index (χ0) is 41.5. The molecule has 4 aliphatic carbocycles. The van der Waals surface area contributed by atoms with E-state index in [-0.39, 0.29) is 30.6 Å². The third-order valence-corrected chi connectivity index (χ3v) is 16.2. The number of aliphatic hydroxyl groups is 5. The van der Waals surface area contributed by atoms with Gasteiger partial charge in [0, 0.05) is 35.3 Å². The molecule has 2 aromatic carbocycles. The maximum absolute atomic E-state index is 13.7. The molecule has 11 bridgehead atoms. The Morgan fingerprint density at radius 2 is 1.58 bits per heavy atom. The van der Waals surface area contributed by atoms with Gasteiger partial charge in [0.1, 0.15) is 53.4 Å². The average molecular weight is 815 g/mol. The van der Waals surface area contributed by atoms with Crippen LogP contribution < -0.4 is 0 Å². The number of carbonyl (C=O) groups is 2. The summed E-state index contributed by atoms with van der Waals surface area (Å²) in [7, 11) is 0. The molecule has 6 heterocycles. The first-order chi connectivity index (χ1) is 28.1. The fraction of sp³-hybridized carbons (Fsp3) is 0.609. The van der Waals surface area contributed by atoms with Crippen LogP contribution in [0.4, 0.5) is 0 Å². The zero-order valence-electron chi connectivity index (χ0n) is 33.6. The van der Waals surface area contributed by atoms with E-state index >= 15 is 0 Å². The Morgan fingerprint density at radius 3 is 2.29 bits per heavy atom. The van der Waals surface area contributed by atoms with Crippen LogP contribution in [-0.2, 0) is 39.2 Å². The molecule has 0 radical (unpaired) electrons. The summed E-state index contributed by atoms with van der Waals surface area (Å²) in [6, 6.07) is 17.7. The van der Waals surface area contributed by atoms with Crippen molar-refractivity contribution in [1.82, 2.24) is 0 Å². The van der Waals surface area contributed by atoms with E-state index in [4.69, 9.17) is 28.4 Å². The number of allylic oxidation sites excluding steroid dienone is 2. The molecule has 10 aliphatic rings. The molecular formula is C46H54O13. The Kier molecular flexibility index (Phi) is 8.90. The standard InChI is InChI=1S/C46H54O13/c1-24-21-32-43(52)35(24)55-33(48)18-12-11-17-31(54-39(49)27-13-7-5-8-14-27)30-20-19-28(25(30)2)22-41(4,51)45(53)36-26(3)44(32)34(37-42(23-47,56-37)40(43)50)38(45)58-46(57-36,59-44)29-15-9-6-10-16-29/h5-18,24-26,28,30-32,34-38,40,47,50-53H,19-23H2,1-4H3/b17-11-,18-12+/t24-,25+,26+,28+,30+,31-,32+,34+,35-,36+,37+,38-,40-,41+,42+,43-,44+,45-,46+/m0/s1. The first-order valence-electron chi connectivity index (χ1n) is 21.2. The van der Waals surface area contributed by atoms with Crippen LogP contribution in [0.2, 0.25) is 0 Å². The van der Waals surface area contributed by atoms with Gasteiger partial charge in [0.05, 0.1) is 23.4 Å². The van der Waals surface area contributed by atoms with Gasteiger partial charge in [0.25, 0.3) is 0 Å². The molecule has 59 heavy (non-hydrogen) atoms. The molecule has 12 rings (SSSR count). The van der Waals surface area contributed by atoms with Crippen LogP contribution in [0.25, 0.3) is 0 Å². The highest BCUT2D eigenvalue weighted by Crippen LogP contribution is 2.75. The summed E-state index contributed by atoms with van der Waals surface area (Å²) >= 11 is 0. The number of aliphatic hydroxyl groups excluding tert-OH is 2. The SMILES string of the molecule is C[C@@H]1[C@@H]2CC[C@H]1[C@@H](OC(=O)c1ccccc1)/C=C\C=C\C(=O)O[C@H]1[C@@H](C)C[C@@H]3[C@@]1(O)[C@@H](O)[C@]1(CO)O[C@@H]1[C@@H]1[C@@H]4O[C@@]5(c6ccccc6)O[C@H]([C@@H](C)[C@]13O5)[C@@]4(O)[C@](C)(O)C2. The molecule has 6 aliphatic heterocycles. The van der Waals surface area contributed by atoms with Crippen LogP contribution in [0.5, 0.6) is 0 Å². The predicted octanol–water partition coefficient (Wildman–Crippen LogP) is 3.31. The molecule has 5 N–H and O–H groups in total. The van der Waals surface area contributed by atoms with E-state index in [0.717, 1.165) is 0 Å². The van der Waals surface area contributed by atoms with E-state index in [1.54, 1.807) is 55.5 Å². The fourth-order valence-corrected chi connectivity index (χ4v) is 13.3. The van der Waals surface area contributed by atoms with Gasteiger partial charge in [0.15, 0.2) is 0 Å². The maximum Gasteiger partial charge on any atom is 0.338 e. The summed E-state index contributed by atoms with van der Waals surface area (Å²) in [6.45, 7) is 6.66. The first kappa shape index (κ1) is 39.6. The minimum atomic E-state index is -2.22. The van der Waals surface area contributed by atoms with E-state index in [0.29, 0.717) is 24.0 Å². The van der Waals surface area contributed by atoms with Crippen molar-refractivity contribution < 1.29 is 63.5 Å². The van der Waals surface area contributed by atoms with Crippen molar-refractivity contribution in [2.75, 3.05) is 6.61 Å². The Morgan fingerprint density at radius 1 is 0.881 bits per heavy atom. The molecule has 0 unspecified atom stereocenters. The maximum atomic E-state index is 13.7. The van der Waals surface area contributed by atoms with E-state index in [9.17, 15) is 35.1 Å². The largest absolute Gasteiger partial charge is 0.456 e. The summed E-state index contributed by atoms with van der Waals surface area (Å²) in [6.07, 6.45) is 0.608. The second-order valence-electron chi connectivity index (χ2n) is 19.0. The molecule has 2 aromatic rings. The number of ether oxygens (including phenoxy) is 6. The van der Waals surface area contributed by atoms with Gasteiger partial charge in [-0.3, -0.25) is 0 Å². The summed E-state index contributed by atoms with van der Waals surface area (Å²) < 4.78 is 39.7. The zero-order valence-corrected chi connectivity index (χ0v) is 33.6. The number of fused-ring (bicyclic) bond motifs is 6. The van der Waals surface area contributed by atoms with Crippen LogP contribution >= 0.6 is 0 Å². The van der Waals surface area contributed by atoms with E-state index in [1.165, 1.54) is 12.2 Å². The summed E-state index contributed by atoms with van der Waals surface area (Å²) in [5, 5.41) is 63.4. The lowest BCUT2D eigenvalue weighted by atomic mass is 9.49. The molecule has 19 atom stereocenters. The lowest BCUT2D eigenvalue weighted by molar-refractivity contribution is -0.595. The monoisotopic (exact) mass is 814 g/mol. The van der Waals surface area contributed by atoms with Crippen LogP contribution in [0.15, 0.2) is 85.0 Å². The van der Waals surface area contributed by atoms with Crippen molar-refractivity contribution >= 4 is 11.9 Å². The number of benzene rings is 2. The van der Waals surface area contributed by atoms with Crippen molar-refractivity contribution in [3.05, 3.63) is 96.1 Å². The average Bonchev–Trinajstić information content (AvgIpc) is 3.79. The molecule has 1 spiro atoms. The number of esters is 2. The number of hydrogen-bond acceptors (Lipinski definition) is 13. The summed E-state index contributed by atoms with van der Waals surface area (Å²) in [4.78, 5) is 27.2. The number of rotatable bonds is 4. The van der Waals surface area contributed by atoms with Crippen molar-refractivity contribution in [2.45, 2.75) is 124 Å². The molecule has 8 fully saturated rings. The quantitative estimate of drug-likeness (QED) is 0.223. The van der Waals surface area contributed by atoms with E-state index < -0.39 is 113 Å². The highest BCUT2D eigenvalue weighted by Gasteiger charge is 2.91. The molecule has 0 aromatic heterocycles. The predicted molar refractivity (Wildman–Crippen MR) is 207 cm³/mol. The third kappa shape index (κ3) is 5.17. The van der Waals surface area contributed by atoms with E-state index in [2.05, 4.69) is 6.92 Å². The number of epoxide rings is 1. The van der Waals surface area contributed by atoms with Crippen molar-refractivity contribution in [2.24, 2.45) is 41.4 Å². The van der Waals surface area contributed by atoms with Gasteiger partial charge in [0.2, 0.25) is 0 Å². The normalized spacial score (nSPS) is 52.8. The second kappa shape index (κ2) is 13.3. The van der Waals surface area contributed by atoms with Crippen LogP contribution in [-0.4, -0.2) is 109 Å². The lowest BCUT2D eigenvalue weighted by Gasteiger charge is -2.74. The molecule has 13 nitrogen and oxygen atoms in total. The molecule has 4 saturated heterocycles. The van der Waals surface area contributed by atoms with Gasteiger partial charge in [-0.05, 0) is 68.6 Å². The van der Waals surface area contributed by atoms with Crippen LogP contribution in [0.1, 0.15) is 69.3 Å². The molecule has 13 heteroatoms. The highest BCUT2D eigenvalue weighted by atomic mass is 16.9. The summed E-state index contributed by atoms with van der Waals surface area (Å²) in [5.41, 5.74) is -8.50. The molecule has 0 amide bonds. The van der Waals surface area contributed by atoms with Crippen LogP contribution in [0.3, 0.4) is 0 Å². The lowest BCUT2D eigenvalue weighted by Crippen LogP contribution is -2.89. The van der Waals surface area contributed by atoms with Gasteiger partial charge >= 0.3 is 17.9 Å². The van der Waals surface area contributed by atoms with Gasteiger partial charge in [-0.2, -0.15) is 0 Å². The fourth-order valence-electron chi connectivity index (χ4n) is 13.3. The van der Waals surface area contributed by atoms with Gasteiger partial charge < -0.3 is 54.0 Å². The van der Waals surface area contributed by atoms with Crippen LogP contribution in [0, 0.1) is 41.4 Å². The first-order valence-corrected chi connectivity index (χ1v) is 21.2. The Hall–Kier alpha value is -3.50. The minimum Gasteiger partial charge on any atom is -0.456 e. The topological polar surface area (TPSA) is 194 Å². The van der Waals surface area contributed by atoms with Gasteiger partial charge in [-0.15, -0.1) is 0 Å². The summed E-state index contributed by atoms with van der Waals surface area (Å²) in [5.74, 6) is -6.79. The van der Waals surface area contributed by atoms with Gasteiger partial charge in [-0.1, -0.05) is 81.5 Å². The van der Waals surface area contributed by atoms with Gasteiger partial charge in [-0.25, -0.2) is 9.59 Å². The third-order valence-electron chi connectivity index (χ3n) is 16.2. The minimum absolute atomic E-state index is 0.102. The molecule has 4 saturated carbocycles. The van der Waals surface area contributed by atoms with Crippen molar-refractivity contribution in [3.8, 4) is 0 Å². The van der Waals surface area contributed by atoms with E-state index in [1.807, 2.05) is 38.1 Å². The number of hydrogen-bond donors (Lipinski definition) is 5. The Labute approximate surface area is 342 Å². The molecule has 316 valence electrons. The highest BCUT2D eigenvalue weighted by molar-refractivity contribution is 5.89. The second-order valence-corrected chi connectivity index (χ2v) is 19.0. The Bertz CT molecular complexity index is 2060. The van der Waals surface area contributed by atoms with Crippen molar-refractivity contribution in [1.29, 1.82) is 0 Å². The number of carbonyl (C=O) groups excluding carboxylic acids is 2. The Balaban J connectivity index is 1.14. The van der Waals surface area contributed by atoms with Crippen molar-refractivity contribution in [3.63, 3.8) is 0 Å². The molecular weight excluding hydrogens is 760 g/mol.